The van der Waals surface area contributed by atoms with Crippen LogP contribution in [0.1, 0.15) is 29.6 Å². The summed E-state index contributed by atoms with van der Waals surface area (Å²) < 4.78 is 4.77. The second-order valence-electron chi connectivity index (χ2n) is 4.76. The minimum absolute atomic E-state index is 0.278. The molecule has 20 heavy (non-hydrogen) atoms. The quantitative estimate of drug-likeness (QED) is 0.670. The fraction of sp³-hybridized carbons (Fsp3) is 0.429. The van der Waals surface area contributed by atoms with E-state index in [9.17, 15) is 9.59 Å². The van der Waals surface area contributed by atoms with E-state index >= 15 is 0 Å². The van der Waals surface area contributed by atoms with Crippen molar-refractivity contribution in [3.05, 3.63) is 28.8 Å². The topological polar surface area (TPSA) is 72.6 Å². The van der Waals surface area contributed by atoms with Crippen molar-refractivity contribution in [2.24, 2.45) is 0 Å². The Hall–Kier alpha value is -1.75. The van der Waals surface area contributed by atoms with E-state index in [4.69, 9.17) is 22.1 Å². The highest BCUT2D eigenvalue weighted by atomic mass is 35.5. The zero-order chi connectivity index (χ0) is 14.7. The van der Waals surface area contributed by atoms with E-state index in [2.05, 4.69) is 0 Å². The van der Waals surface area contributed by atoms with Gasteiger partial charge in [-0.25, -0.2) is 4.79 Å². The molecule has 0 spiro atoms. The number of anilines is 1. The van der Waals surface area contributed by atoms with Crippen molar-refractivity contribution in [2.75, 3.05) is 19.4 Å². The molecule has 1 unspecified atom stereocenters. The number of carbonyl (C=O) groups excluding carboxylic acids is 2. The van der Waals surface area contributed by atoms with Crippen LogP contribution in [-0.4, -0.2) is 36.5 Å². The number of esters is 1. The molecule has 0 aliphatic carbocycles. The molecule has 0 bridgehead atoms. The molecule has 1 atom stereocenters. The number of hydrogen-bond donors (Lipinski definition) is 1. The normalized spacial score (nSPS) is 18.7. The van der Waals surface area contributed by atoms with Gasteiger partial charge in [0.25, 0.3) is 5.91 Å². The average Bonchev–Trinajstić information content (AvgIpc) is 2.48. The molecular formula is C14H17ClN2O3. The molecule has 1 aromatic carbocycles. The molecule has 2 N–H and O–H groups in total. The number of methoxy groups -OCH3 is 1. The van der Waals surface area contributed by atoms with Crippen molar-refractivity contribution in [1.29, 1.82) is 0 Å². The first-order valence-electron chi connectivity index (χ1n) is 6.48. The zero-order valence-electron chi connectivity index (χ0n) is 11.3. The predicted octanol–water partition coefficient (Wildman–Crippen LogP) is 2.09. The first-order chi connectivity index (χ1) is 9.54. The van der Waals surface area contributed by atoms with Crippen LogP contribution in [0, 0.1) is 0 Å². The summed E-state index contributed by atoms with van der Waals surface area (Å²) in [5.41, 5.74) is 6.51. The second kappa shape index (κ2) is 6.13. The van der Waals surface area contributed by atoms with E-state index in [0.29, 0.717) is 29.2 Å². The maximum Gasteiger partial charge on any atom is 0.328 e. The number of nitrogens with zero attached hydrogens (tertiary/aromatic N) is 1. The summed E-state index contributed by atoms with van der Waals surface area (Å²) in [4.78, 5) is 25.9. The van der Waals surface area contributed by atoms with Gasteiger partial charge in [0.2, 0.25) is 0 Å². The van der Waals surface area contributed by atoms with Crippen LogP contribution in [0.3, 0.4) is 0 Å². The summed E-state index contributed by atoms with van der Waals surface area (Å²) in [6, 6.07) is 4.20. The summed E-state index contributed by atoms with van der Waals surface area (Å²) in [7, 11) is 1.33. The van der Waals surface area contributed by atoms with E-state index in [0.717, 1.165) is 12.8 Å². The summed E-state index contributed by atoms with van der Waals surface area (Å²) in [6.45, 7) is 0.518. The monoisotopic (exact) mass is 296 g/mol. The Morgan fingerprint density at radius 3 is 2.85 bits per heavy atom. The highest BCUT2D eigenvalue weighted by Crippen LogP contribution is 2.24. The highest BCUT2D eigenvalue weighted by Gasteiger charge is 2.33. The van der Waals surface area contributed by atoms with Crippen LogP contribution in [0.2, 0.25) is 5.02 Å². The predicted molar refractivity (Wildman–Crippen MR) is 76.6 cm³/mol. The number of rotatable bonds is 2. The maximum absolute atomic E-state index is 12.6. The van der Waals surface area contributed by atoms with E-state index in [1.807, 2.05) is 0 Å². The van der Waals surface area contributed by atoms with E-state index in [1.54, 1.807) is 12.1 Å². The molecule has 1 aliphatic rings. The summed E-state index contributed by atoms with van der Waals surface area (Å²) in [6.07, 6.45) is 2.37. The lowest BCUT2D eigenvalue weighted by atomic mass is 10.0. The van der Waals surface area contributed by atoms with Crippen LogP contribution in [-0.2, 0) is 9.53 Å². The molecule has 1 aliphatic heterocycles. The van der Waals surface area contributed by atoms with Crippen LogP contribution in [0.4, 0.5) is 5.69 Å². The van der Waals surface area contributed by atoms with Crippen molar-refractivity contribution in [1.82, 2.24) is 4.90 Å². The van der Waals surface area contributed by atoms with Crippen molar-refractivity contribution in [3.63, 3.8) is 0 Å². The van der Waals surface area contributed by atoms with Crippen molar-refractivity contribution >= 4 is 29.2 Å². The van der Waals surface area contributed by atoms with Gasteiger partial charge in [-0.3, -0.25) is 4.79 Å². The molecule has 1 aromatic rings. The fourth-order valence-corrected chi connectivity index (χ4v) is 2.60. The van der Waals surface area contributed by atoms with E-state index < -0.39 is 12.0 Å². The first-order valence-corrected chi connectivity index (χ1v) is 6.86. The van der Waals surface area contributed by atoms with Gasteiger partial charge in [-0.1, -0.05) is 11.6 Å². The molecule has 1 heterocycles. The van der Waals surface area contributed by atoms with Crippen LogP contribution in [0.5, 0.6) is 0 Å². The number of halogens is 1. The molecule has 1 amide bonds. The van der Waals surface area contributed by atoms with Gasteiger partial charge >= 0.3 is 5.97 Å². The molecule has 2 rings (SSSR count). The summed E-state index contributed by atoms with van der Waals surface area (Å²) >= 11 is 5.91. The minimum atomic E-state index is -0.542. The van der Waals surface area contributed by atoms with Gasteiger partial charge in [-0.2, -0.15) is 0 Å². The lowest BCUT2D eigenvalue weighted by Crippen LogP contribution is -2.48. The number of hydrogen-bond acceptors (Lipinski definition) is 4. The van der Waals surface area contributed by atoms with Crippen LogP contribution in [0.25, 0.3) is 0 Å². The highest BCUT2D eigenvalue weighted by molar-refractivity contribution is 6.31. The Kier molecular flexibility index (Phi) is 4.49. The molecule has 0 aromatic heterocycles. The molecule has 0 saturated carbocycles. The standard InChI is InChI=1S/C14H17ClN2O3/c1-20-14(19)12-4-2-3-7-17(12)13(18)10-8-9(15)5-6-11(10)16/h5-6,8,12H,2-4,7,16H2,1H3. The lowest BCUT2D eigenvalue weighted by Gasteiger charge is -2.34. The number of piperidine rings is 1. The van der Waals surface area contributed by atoms with Crippen LogP contribution >= 0.6 is 11.6 Å². The Balaban J connectivity index is 2.30. The zero-order valence-corrected chi connectivity index (χ0v) is 12.0. The SMILES string of the molecule is COC(=O)C1CCCCN1C(=O)c1cc(Cl)ccc1N. The van der Waals surface area contributed by atoms with Crippen molar-refractivity contribution in [3.8, 4) is 0 Å². The maximum atomic E-state index is 12.6. The molecule has 0 radical (unpaired) electrons. The van der Waals surface area contributed by atoms with Gasteiger partial charge in [-0.05, 0) is 37.5 Å². The van der Waals surface area contributed by atoms with Gasteiger partial charge in [0.15, 0.2) is 0 Å². The smallest absolute Gasteiger partial charge is 0.328 e. The molecule has 5 nitrogen and oxygen atoms in total. The largest absolute Gasteiger partial charge is 0.467 e. The minimum Gasteiger partial charge on any atom is -0.467 e. The van der Waals surface area contributed by atoms with E-state index in [1.165, 1.54) is 18.1 Å². The number of nitrogens with two attached hydrogens (primary N) is 1. The molecule has 1 saturated heterocycles. The Morgan fingerprint density at radius 1 is 1.40 bits per heavy atom. The first kappa shape index (κ1) is 14.7. The van der Waals surface area contributed by atoms with Gasteiger partial charge in [-0.15, -0.1) is 0 Å². The molecular weight excluding hydrogens is 280 g/mol. The molecule has 6 heteroatoms. The number of carbonyl (C=O) groups is 2. The Bertz CT molecular complexity index is 533. The van der Waals surface area contributed by atoms with Crippen LogP contribution in [0.15, 0.2) is 18.2 Å². The molecule has 1 fully saturated rings. The Morgan fingerprint density at radius 2 is 2.15 bits per heavy atom. The third-order valence-corrected chi connectivity index (χ3v) is 3.72. The number of benzene rings is 1. The molecule has 108 valence electrons. The van der Waals surface area contributed by atoms with E-state index in [-0.39, 0.29) is 5.91 Å². The van der Waals surface area contributed by atoms with Crippen molar-refractivity contribution in [2.45, 2.75) is 25.3 Å². The van der Waals surface area contributed by atoms with Crippen LogP contribution < -0.4 is 5.73 Å². The number of likely N-dealkylation sites (tertiary alicyclic amines) is 1. The fourth-order valence-electron chi connectivity index (χ4n) is 2.42. The third-order valence-electron chi connectivity index (χ3n) is 3.48. The summed E-state index contributed by atoms with van der Waals surface area (Å²) in [5, 5.41) is 0.439. The number of amides is 1. The van der Waals surface area contributed by atoms with Crippen molar-refractivity contribution < 1.29 is 14.3 Å². The number of ether oxygens (including phenoxy) is 1. The second-order valence-corrected chi connectivity index (χ2v) is 5.20. The number of nitrogen functional groups attached to an aromatic ring is 1. The third kappa shape index (κ3) is 2.88. The average molecular weight is 297 g/mol. The van der Waals surface area contributed by atoms with Gasteiger partial charge in [0.1, 0.15) is 6.04 Å². The van der Waals surface area contributed by atoms with Gasteiger partial charge < -0.3 is 15.4 Å². The summed E-state index contributed by atoms with van der Waals surface area (Å²) in [5.74, 6) is -0.668. The lowest BCUT2D eigenvalue weighted by molar-refractivity contribution is -0.147. The van der Waals surface area contributed by atoms with Gasteiger partial charge in [0, 0.05) is 17.3 Å². The van der Waals surface area contributed by atoms with Gasteiger partial charge in [0.05, 0.1) is 12.7 Å². The Labute approximate surface area is 122 Å².